The Morgan fingerprint density at radius 2 is 0.821 bits per heavy atom. The van der Waals surface area contributed by atoms with Crippen LogP contribution in [0.3, 0.4) is 0 Å². The van der Waals surface area contributed by atoms with Gasteiger partial charge in [-0.2, -0.15) is 0 Å². The number of nitrogens with two attached hydrogens (primary N) is 4. The van der Waals surface area contributed by atoms with Crippen LogP contribution in [0.15, 0.2) is 160 Å². The van der Waals surface area contributed by atoms with Gasteiger partial charge in [-0.15, -0.1) is 0 Å². The summed E-state index contributed by atoms with van der Waals surface area (Å²) in [6.07, 6.45) is 35.4. The summed E-state index contributed by atoms with van der Waals surface area (Å²) in [5, 5.41) is 0. The van der Waals surface area contributed by atoms with Gasteiger partial charge in [0.2, 0.25) is 27.7 Å². The minimum Gasteiger partial charge on any atom is -0.364 e. The summed E-state index contributed by atoms with van der Waals surface area (Å²) in [7, 11) is -3.63. The molecule has 22 heterocycles. The smallest absolute Gasteiger partial charge is 0.281 e. The van der Waals surface area contributed by atoms with Crippen molar-refractivity contribution >= 4 is 109 Å². The molecule has 15 aromatic rings. The average Bonchev–Trinajstić information content (AvgIpc) is 1.78. The van der Waals surface area contributed by atoms with E-state index in [0.29, 0.717) is 149 Å². The summed E-state index contributed by atoms with van der Waals surface area (Å²) < 4.78 is 89.0. The number of carbonyl (C=O) groups is 7. The topological polar surface area (TPSA) is 563 Å². The van der Waals surface area contributed by atoms with Crippen LogP contribution in [-0.4, -0.2) is 303 Å². The lowest BCUT2D eigenvalue weighted by atomic mass is 9.86. The number of aromatic nitrogens is 24. The molecule has 0 aromatic carbocycles. The van der Waals surface area contributed by atoms with Crippen LogP contribution in [0.5, 0.6) is 0 Å². The molecule has 22 rings (SSSR count). The van der Waals surface area contributed by atoms with Crippen LogP contribution in [0, 0.1) is 17.8 Å². The van der Waals surface area contributed by atoms with Crippen LogP contribution < -0.4 is 52.2 Å². The maximum absolute atomic E-state index is 14.7. The van der Waals surface area contributed by atoms with E-state index >= 15 is 0 Å². The van der Waals surface area contributed by atoms with Crippen LogP contribution in [0.1, 0.15) is 140 Å². The van der Waals surface area contributed by atoms with Gasteiger partial charge in [-0.3, -0.25) is 55.6 Å². The van der Waals surface area contributed by atoms with Crippen molar-refractivity contribution < 1.29 is 59.5 Å². The molecule has 7 aliphatic heterocycles. The highest BCUT2D eigenvalue weighted by Gasteiger charge is 2.50. The number of nitrogens with zero attached hydrogens (tertiary/aromatic N) is 32. The Morgan fingerprint density at radius 1 is 0.421 bits per heavy atom. The van der Waals surface area contributed by atoms with Crippen molar-refractivity contribution in [3.8, 4) is 57.5 Å². The van der Waals surface area contributed by atoms with Gasteiger partial charge < -0.3 is 62.1 Å². The second-order valence-electron chi connectivity index (χ2n) is 36.5. The number of carbonyl (C=O) groups excluding carboxylic acids is 7. The zero-order valence-corrected chi connectivity index (χ0v) is 80.5. The molecule has 15 aromatic heterocycles. The number of imidazole rings is 5. The highest BCUT2D eigenvalue weighted by atomic mass is 32.2. The number of halogens is 4. The fraction of sp³-hybridized carbons (Fsp3) is 0.383. The normalized spacial score (nSPS) is 19.6. The quantitative estimate of drug-likeness (QED) is 0.0596. The summed E-state index contributed by atoms with van der Waals surface area (Å²) in [5.41, 5.74) is 27.7. The molecule has 46 nitrogen and oxygen atoms in total. The Kier molecular flexibility index (Phi) is 28.3. The molecule has 7 aliphatic rings. The molecule has 9 N–H and O–H groups in total. The number of primary amides is 4. The molecular formula is C94H103F4N37O9S. The number of piperazine rings is 3. The number of pyridine rings is 1. The maximum atomic E-state index is 14.7. The van der Waals surface area contributed by atoms with E-state index in [9.17, 15) is 59.5 Å². The molecule has 0 saturated carbocycles. The van der Waals surface area contributed by atoms with E-state index in [2.05, 4.69) is 120 Å². The van der Waals surface area contributed by atoms with Crippen LogP contribution in [-0.2, 0) is 24.4 Å². The molecule has 0 spiro atoms. The molecule has 145 heavy (non-hydrogen) atoms. The van der Waals surface area contributed by atoms with Gasteiger partial charge in [0, 0.05) is 191 Å². The van der Waals surface area contributed by atoms with Crippen molar-refractivity contribution in [2.24, 2.45) is 40.7 Å². The van der Waals surface area contributed by atoms with E-state index in [1.54, 1.807) is 116 Å². The first-order valence-corrected chi connectivity index (χ1v) is 48.9. The van der Waals surface area contributed by atoms with Gasteiger partial charge >= 0.3 is 0 Å². The van der Waals surface area contributed by atoms with Gasteiger partial charge in [0.05, 0.1) is 85.5 Å². The second-order valence-corrected chi connectivity index (χ2v) is 38.3. The third-order valence-corrected chi connectivity index (χ3v) is 27.3. The van der Waals surface area contributed by atoms with Gasteiger partial charge in [0.25, 0.3) is 36.0 Å². The fourth-order valence-electron chi connectivity index (χ4n) is 18.9. The third-order valence-electron chi connectivity index (χ3n) is 26.7. The van der Waals surface area contributed by atoms with Crippen molar-refractivity contribution in [3.63, 3.8) is 0 Å². The molecule has 0 aliphatic carbocycles. The molecule has 51 heteroatoms. The Hall–Kier alpha value is -16.5. The van der Waals surface area contributed by atoms with E-state index in [-0.39, 0.29) is 71.7 Å². The fourth-order valence-corrected chi connectivity index (χ4v) is 19.4. The van der Waals surface area contributed by atoms with Crippen molar-refractivity contribution in [2.75, 3.05) is 116 Å². The van der Waals surface area contributed by atoms with Gasteiger partial charge in [0.1, 0.15) is 80.3 Å². The van der Waals surface area contributed by atoms with E-state index in [1.165, 1.54) is 67.3 Å². The van der Waals surface area contributed by atoms with E-state index in [0.717, 1.165) is 94.4 Å². The average molecular weight is 2000 g/mol. The van der Waals surface area contributed by atoms with Crippen molar-refractivity contribution in [3.05, 3.63) is 189 Å². The summed E-state index contributed by atoms with van der Waals surface area (Å²) in [6.45, 7) is 16.5. The summed E-state index contributed by atoms with van der Waals surface area (Å²) in [4.78, 5) is 180. The van der Waals surface area contributed by atoms with Crippen LogP contribution in [0.4, 0.5) is 46.7 Å². The second kappa shape index (κ2) is 41.6. The Morgan fingerprint density at radius 3 is 1.24 bits per heavy atom. The van der Waals surface area contributed by atoms with Crippen LogP contribution in [0.2, 0.25) is 0 Å². The first kappa shape index (κ1) is 98.7. The Labute approximate surface area is 825 Å². The first-order valence-electron chi connectivity index (χ1n) is 47.0. The predicted octanol–water partition coefficient (Wildman–Crippen LogP) is 6.21. The largest absolute Gasteiger partial charge is 0.364 e. The number of hydrogen-bond acceptors (Lipinski definition) is 33. The number of rotatable bonds is 18. The van der Waals surface area contributed by atoms with Gasteiger partial charge in [0.15, 0.2) is 51.5 Å². The minimum atomic E-state index is -3.63. The lowest BCUT2D eigenvalue weighted by Crippen LogP contribution is -2.57. The number of hydrogen-bond donors (Lipinski definition) is 5. The third kappa shape index (κ3) is 21.5. The standard InChI is InChI=1S/C20H22F4N6O2S.2C19H20N8O2.C18H20N8O2.C18H21N7O/c1-12-9-29(10-13(20(12,23)24)6-27-33(2,31)32)17-5-3-4-14(28-17)16-7-26-18-8-25-15(19(21)22)11-30(16)18;2*20-18(29)13-11-27-14(8-23-16(27)9-22-13)19-21-5-4-15(24-19)25-6-7-26-12(10-25)2-1-3-17(26)28;1-11-9-24(12(2)27)5-6-25(11)15-3-4-20-18(23-15)14-7-22-16-8-21-13(17(19)28)10-26(14)16;1-11-3-4-12(2)24(9-11)15-5-6-20-18(23-15)14-7-22-16-8-21-13(17(19)26)10-25(14)16/h3-5,7-8,11-13,19,27H,6,9-10H2,1-2H3;2*4-5,8-9,11-12H,1-3,6-7,10H2,(H2,20,29);3-4,7-8,10-11H,5-6,9H2,1-2H3,(H2,19,28);5-8,10-12H,3-4,9H2,1-2H3,(H2,19,26)/t12-,13+;;;;/m0..../s1. The number of alkyl halides is 4. The number of anilines is 5. The Balaban J connectivity index is 0.000000119. The lowest BCUT2D eigenvalue weighted by molar-refractivity contribution is -0.137. The molecule has 5 unspecified atom stereocenters. The van der Waals surface area contributed by atoms with Gasteiger partial charge in [-0.1, -0.05) is 19.9 Å². The number of sulfonamides is 1. The highest BCUT2D eigenvalue weighted by molar-refractivity contribution is 7.88. The van der Waals surface area contributed by atoms with E-state index < -0.39 is 70.1 Å². The summed E-state index contributed by atoms with van der Waals surface area (Å²) in [5.74, 6) is -0.780. The van der Waals surface area contributed by atoms with Crippen molar-refractivity contribution in [2.45, 2.75) is 123 Å². The monoisotopic (exact) mass is 2000 g/mol. The summed E-state index contributed by atoms with van der Waals surface area (Å²) >= 11 is 0. The number of piperidine rings is 4. The van der Waals surface area contributed by atoms with Gasteiger partial charge in [-0.05, 0) is 94.7 Å². The lowest BCUT2D eigenvalue weighted by Gasteiger charge is -2.44. The molecule has 7 fully saturated rings. The van der Waals surface area contributed by atoms with E-state index in [1.807, 2.05) is 39.0 Å². The van der Waals surface area contributed by atoms with E-state index in [4.69, 9.17) is 42.9 Å². The molecular weight excluding hydrogens is 1900 g/mol. The summed E-state index contributed by atoms with van der Waals surface area (Å²) in [6, 6.07) is 13.6. The van der Waals surface area contributed by atoms with Crippen molar-refractivity contribution in [1.82, 2.24) is 136 Å². The highest BCUT2D eigenvalue weighted by Crippen LogP contribution is 2.41. The van der Waals surface area contributed by atoms with Crippen LogP contribution >= 0.6 is 0 Å². The predicted molar refractivity (Wildman–Crippen MR) is 521 cm³/mol. The zero-order valence-electron chi connectivity index (χ0n) is 79.7. The first-order chi connectivity index (χ1) is 69.6. The Bertz CT molecular complexity index is 7380. The number of nitrogens with one attached hydrogen (secondary N) is 1. The zero-order chi connectivity index (χ0) is 102. The molecule has 7 amide bonds. The van der Waals surface area contributed by atoms with Crippen LogP contribution in [0.25, 0.3) is 85.7 Å². The molecule has 7 saturated heterocycles. The van der Waals surface area contributed by atoms with Crippen molar-refractivity contribution in [1.29, 1.82) is 0 Å². The van der Waals surface area contributed by atoms with Gasteiger partial charge in [-0.25, -0.2) is 125 Å². The molecule has 7 atom stereocenters. The minimum absolute atomic E-state index is 0.0193. The number of fused-ring (bicyclic) bond motifs is 7. The molecule has 0 bridgehead atoms. The molecule has 752 valence electrons. The molecule has 0 radical (unpaired) electrons. The maximum Gasteiger partial charge on any atom is 0.281 e. The SMILES string of the molecule is CC(=O)N1CCN(c2ccnc(-c3cnc4cnc(C(N)=O)cn34)n2)C(C)C1.CC1CCC(C)N(c2ccnc(-c3cnc4cnc(C(N)=O)cn34)n2)C1.C[C@H]1CN(c2cccc(-c3cnc4cnc(C(F)F)cn34)n2)C[C@@H](CNS(C)(=O)=O)C1(F)F.NC(=O)c1cn2c(-c3nccc(N4CCN5C(=O)CCCC5C4)n3)cnc2cn1.NC(=O)c1cn2c(-c3nccc(N4CCN5C(=O)CCCC5C4)n3)cnc2cn1. The number of amides is 7.